The smallest absolute Gasteiger partial charge is 0.253 e. The van der Waals surface area contributed by atoms with E-state index in [9.17, 15) is 21.6 Å². The first-order valence-electron chi connectivity index (χ1n) is 4.12. The minimum atomic E-state index is -4.65. The van der Waals surface area contributed by atoms with Gasteiger partial charge in [0.1, 0.15) is 0 Å². The maximum Gasteiger partial charge on any atom is 0.416 e. The fraction of sp³-hybridized carbons (Fsp3) is 0.250. The summed E-state index contributed by atoms with van der Waals surface area (Å²) in [6.07, 6.45) is -4.65. The molecule has 0 spiro atoms. The molecule has 1 aromatic rings. The Morgan fingerprint density at radius 1 is 1.35 bits per heavy atom. The van der Waals surface area contributed by atoms with Crippen LogP contribution in [0.15, 0.2) is 18.2 Å². The lowest BCUT2D eigenvalue weighted by Gasteiger charge is -2.12. The van der Waals surface area contributed by atoms with E-state index in [1.54, 1.807) is 0 Å². The highest BCUT2D eigenvalue weighted by atomic mass is 35.5. The summed E-state index contributed by atoms with van der Waals surface area (Å²) in [5.74, 6) is 0. The summed E-state index contributed by atoms with van der Waals surface area (Å²) in [5, 5.41) is 4.40. The second-order valence-electron chi connectivity index (χ2n) is 3.05. The molecular weight excluding hydrogens is 283 g/mol. The second kappa shape index (κ2) is 4.81. The molecule has 0 saturated carbocycles. The first-order valence-corrected chi connectivity index (χ1v) is 5.97. The topological polar surface area (TPSA) is 69.4 Å². The monoisotopic (exact) mass is 289 g/mol. The third kappa shape index (κ3) is 4.50. The van der Waals surface area contributed by atoms with Gasteiger partial charge >= 0.3 is 16.5 Å². The Labute approximate surface area is 100 Å². The van der Waals surface area contributed by atoms with Gasteiger partial charge in [-0.25, -0.2) is 5.14 Å². The number of rotatable bonds is 3. The van der Waals surface area contributed by atoms with Gasteiger partial charge in [-0.05, 0) is 17.7 Å². The highest BCUT2D eigenvalue weighted by Gasteiger charge is 2.33. The van der Waals surface area contributed by atoms with E-state index in [1.807, 2.05) is 0 Å². The molecule has 9 heteroatoms. The summed E-state index contributed by atoms with van der Waals surface area (Å²) in [7, 11) is -4.30. The van der Waals surface area contributed by atoms with E-state index in [0.29, 0.717) is 6.07 Å². The molecule has 0 unspecified atom stereocenters. The van der Waals surface area contributed by atoms with Gasteiger partial charge < -0.3 is 0 Å². The van der Waals surface area contributed by atoms with E-state index in [2.05, 4.69) is 9.32 Å². The highest BCUT2D eigenvalue weighted by Crippen LogP contribution is 2.34. The molecule has 0 aliphatic carbocycles. The quantitative estimate of drug-likeness (QED) is 0.926. The van der Waals surface area contributed by atoms with Gasteiger partial charge in [0.25, 0.3) is 0 Å². The van der Waals surface area contributed by atoms with Gasteiger partial charge in [-0.1, -0.05) is 17.7 Å². The van der Waals surface area contributed by atoms with Crippen LogP contribution in [0.4, 0.5) is 13.2 Å². The van der Waals surface area contributed by atoms with Crippen molar-refractivity contribution in [3.8, 4) is 0 Å². The SMILES string of the molecule is NS(=O)(=O)OCc1ccc(Cl)cc1C(F)(F)F. The molecule has 96 valence electrons. The molecule has 0 atom stereocenters. The molecule has 17 heavy (non-hydrogen) atoms. The van der Waals surface area contributed by atoms with Crippen LogP contribution in [0.25, 0.3) is 0 Å². The number of hydrogen-bond donors (Lipinski definition) is 1. The van der Waals surface area contributed by atoms with Gasteiger partial charge in [-0.15, -0.1) is 0 Å². The van der Waals surface area contributed by atoms with Crippen molar-refractivity contribution in [2.45, 2.75) is 12.8 Å². The summed E-state index contributed by atoms with van der Waals surface area (Å²) < 4.78 is 62.7. The average molecular weight is 290 g/mol. The Morgan fingerprint density at radius 3 is 2.41 bits per heavy atom. The van der Waals surface area contributed by atoms with Gasteiger partial charge in [0.15, 0.2) is 0 Å². The van der Waals surface area contributed by atoms with E-state index in [4.69, 9.17) is 11.6 Å². The number of hydrogen-bond acceptors (Lipinski definition) is 3. The molecule has 2 N–H and O–H groups in total. The molecule has 0 amide bonds. The summed E-state index contributed by atoms with van der Waals surface area (Å²) in [5.41, 5.74) is -1.43. The number of nitrogens with two attached hydrogens (primary N) is 1. The molecule has 0 fully saturated rings. The van der Waals surface area contributed by atoms with Crippen molar-refractivity contribution in [3.63, 3.8) is 0 Å². The largest absolute Gasteiger partial charge is 0.416 e. The van der Waals surface area contributed by atoms with Crippen LogP contribution >= 0.6 is 11.6 Å². The third-order valence-electron chi connectivity index (χ3n) is 1.76. The molecule has 0 radical (unpaired) electrons. The van der Waals surface area contributed by atoms with Gasteiger partial charge in [0.2, 0.25) is 0 Å². The number of benzene rings is 1. The molecular formula is C8H7ClF3NO3S. The predicted octanol–water partition coefficient (Wildman–Crippen LogP) is 2.08. The maximum atomic E-state index is 12.6. The number of alkyl halides is 3. The lowest BCUT2D eigenvalue weighted by molar-refractivity contribution is -0.138. The molecule has 0 aliphatic heterocycles. The zero-order valence-electron chi connectivity index (χ0n) is 8.16. The van der Waals surface area contributed by atoms with Crippen molar-refractivity contribution in [1.29, 1.82) is 0 Å². The molecule has 0 aromatic heterocycles. The zero-order chi connectivity index (χ0) is 13.3. The maximum absolute atomic E-state index is 12.6. The fourth-order valence-corrected chi connectivity index (χ4v) is 1.55. The molecule has 1 rings (SSSR count). The second-order valence-corrected chi connectivity index (χ2v) is 4.71. The van der Waals surface area contributed by atoms with Gasteiger partial charge in [0.05, 0.1) is 12.2 Å². The predicted molar refractivity (Wildman–Crippen MR) is 54.4 cm³/mol. The molecule has 0 aliphatic rings. The van der Waals surface area contributed by atoms with E-state index < -0.39 is 28.7 Å². The van der Waals surface area contributed by atoms with Gasteiger partial charge in [0, 0.05) is 5.02 Å². The zero-order valence-corrected chi connectivity index (χ0v) is 9.73. The molecule has 0 saturated heterocycles. The Kier molecular flexibility index (Phi) is 4.03. The van der Waals surface area contributed by atoms with Crippen molar-refractivity contribution in [2.75, 3.05) is 0 Å². The summed E-state index contributed by atoms with van der Waals surface area (Å²) in [6, 6.07) is 2.90. The van der Waals surface area contributed by atoms with E-state index in [1.165, 1.54) is 6.07 Å². The summed E-state index contributed by atoms with van der Waals surface area (Å²) in [4.78, 5) is 0. The average Bonchev–Trinajstić information content (AvgIpc) is 2.13. The van der Waals surface area contributed by atoms with Gasteiger partial charge in [-0.2, -0.15) is 21.6 Å². The Balaban J connectivity index is 3.07. The minimum Gasteiger partial charge on any atom is -0.253 e. The lowest BCUT2D eigenvalue weighted by Crippen LogP contribution is -2.17. The molecule has 4 nitrogen and oxygen atoms in total. The summed E-state index contributed by atoms with van der Waals surface area (Å²) >= 11 is 5.43. The van der Waals surface area contributed by atoms with Crippen LogP contribution in [0.1, 0.15) is 11.1 Å². The van der Waals surface area contributed by atoms with Crippen LogP contribution in [0.5, 0.6) is 0 Å². The Morgan fingerprint density at radius 2 is 1.94 bits per heavy atom. The Hall–Kier alpha value is -0.830. The van der Waals surface area contributed by atoms with Crippen molar-refractivity contribution in [3.05, 3.63) is 34.3 Å². The van der Waals surface area contributed by atoms with Crippen LogP contribution in [0.3, 0.4) is 0 Å². The number of halogens is 4. The van der Waals surface area contributed by atoms with Crippen LogP contribution in [-0.4, -0.2) is 8.42 Å². The highest BCUT2D eigenvalue weighted by molar-refractivity contribution is 7.84. The standard InChI is InChI=1S/C8H7ClF3NO3S/c9-6-2-1-5(4-16-17(13,14)15)7(3-6)8(10,11)12/h1-3H,4H2,(H2,13,14,15). The van der Waals surface area contributed by atoms with Crippen LogP contribution in [-0.2, 0) is 27.3 Å². The molecule has 0 bridgehead atoms. The first-order chi connectivity index (χ1) is 7.59. The van der Waals surface area contributed by atoms with Crippen LogP contribution in [0, 0.1) is 0 Å². The summed E-state index contributed by atoms with van der Waals surface area (Å²) in [6.45, 7) is -0.801. The minimum absolute atomic E-state index is 0.114. The van der Waals surface area contributed by atoms with Crippen molar-refractivity contribution in [1.82, 2.24) is 0 Å². The van der Waals surface area contributed by atoms with Crippen LogP contribution < -0.4 is 5.14 Å². The third-order valence-corrected chi connectivity index (χ3v) is 2.44. The van der Waals surface area contributed by atoms with Crippen molar-refractivity contribution >= 4 is 21.9 Å². The van der Waals surface area contributed by atoms with Crippen molar-refractivity contribution < 1.29 is 25.8 Å². The van der Waals surface area contributed by atoms with E-state index in [-0.39, 0.29) is 10.6 Å². The Bertz CT molecular complexity index is 515. The molecule has 1 aromatic carbocycles. The fourth-order valence-electron chi connectivity index (χ4n) is 1.08. The lowest BCUT2D eigenvalue weighted by atomic mass is 10.1. The van der Waals surface area contributed by atoms with E-state index >= 15 is 0 Å². The molecule has 0 heterocycles. The van der Waals surface area contributed by atoms with Crippen LogP contribution in [0.2, 0.25) is 5.02 Å². The van der Waals surface area contributed by atoms with Gasteiger partial charge in [-0.3, -0.25) is 4.18 Å². The van der Waals surface area contributed by atoms with Crippen molar-refractivity contribution in [2.24, 2.45) is 5.14 Å². The first kappa shape index (κ1) is 14.2. The van der Waals surface area contributed by atoms with E-state index in [0.717, 1.165) is 6.07 Å². The normalized spacial score (nSPS) is 12.8.